The second-order valence-corrected chi connectivity index (χ2v) is 6.85. The van der Waals surface area contributed by atoms with Gasteiger partial charge in [-0.05, 0) is 43.5 Å². The average Bonchev–Trinajstić information content (AvgIpc) is 2.73. The Morgan fingerprint density at radius 2 is 1.90 bits per heavy atom. The molecule has 31 heavy (non-hydrogen) atoms. The van der Waals surface area contributed by atoms with Crippen LogP contribution < -0.4 is 14.8 Å². The minimum atomic E-state index is -3.02. The standard InChI is InChI=1S/C24H25F2NO4/c1-5-12-30-21-11-8-18(14-22(21)29-4)13-17(3)27-23(28)20(15-31-24(25)26)19-9-6-16(2)7-10-19/h1,6-11,14-15,17,24H,12-13H2,2-4H3,(H,27,28). The molecular formula is C24H25F2NO4. The number of benzene rings is 2. The summed E-state index contributed by atoms with van der Waals surface area (Å²) in [4.78, 5) is 12.8. The minimum absolute atomic E-state index is 0.0164. The lowest BCUT2D eigenvalue weighted by molar-refractivity contribution is -0.116. The molecule has 2 aromatic carbocycles. The van der Waals surface area contributed by atoms with Crippen LogP contribution in [0, 0.1) is 19.3 Å². The maximum atomic E-state index is 12.8. The summed E-state index contributed by atoms with van der Waals surface area (Å²) in [5.41, 5.74) is 2.37. The molecule has 164 valence electrons. The van der Waals surface area contributed by atoms with Gasteiger partial charge in [0.2, 0.25) is 0 Å². The normalized spacial score (nSPS) is 12.1. The topological polar surface area (TPSA) is 56.8 Å². The fourth-order valence-corrected chi connectivity index (χ4v) is 2.89. The highest BCUT2D eigenvalue weighted by Gasteiger charge is 2.17. The first-order chi connectivity index (χ1) is 14.8. The van der Waals surface area contributed by atoms with E-state index in [4.69, 9.17) is 15.9 Å². The van der Waals surface area contributed by atoms with Crippen molar-refractivity contribution in [3.8, 4) is 23.8 Å². The van der Waals surface area contributed by atoms with Crippen molar-refractivity contribution in [3.05, 3.63) is 65.4 Å². The molecule has 0 aliphatic rings. The van der Waals surface area contributed by atoms with Crippen molar-refractivity contribution in [2.75, 3.05) is 13.7 Å². The van der Waals surface area contributed by atoms with Crippen LogP contribution in [0.5, 0.6) is 11.5 Å². The number of amides is 1. The van der Waals surface area contributed by atoms with Crippen molar-refractivity contribution in [1.29, 1.82) is 0 Å². The van der Waals surface area contributed by atoms with Crippen LogP contribution in [0.3, 0.4) is 0 Å². The van der Waals surface area contributed by atoms with Gasteiger partial charge in [0.05, 0.1) is 12.7 Å². The van der Waals surface area contributed by atoms with Crippen molar-refractivity contribution >= 4 is 11.5 Å². The number of halogens is 2. The largest absolute Gasteiger partial charge is 0.493 e. The smallest absolute Gasteiger partial charge is 0.386 e. The Balaban J connectivity index is 2.12. The molecule has 0 aliphatic heterocycles. The van der Waals surface area contributed by atoms with Crippen LogP contribution in [0.4, 0.5) is 8.78 Å². The van der Waals surface area contributed by atoms with Crippen LogP contribution in [0.15, 0.2) is 48.7 Å². The molecule has 0 aliphatic carbocycles. The summed E-state index contributed by atoms with van der Waals surface area (Å²) < 4.78 is 40.1. The second-order valence-electron chi connectivity index (χ2n) is 6.85. The summed E-state index contributed by atoms with van der Waals surface area (Å²) >= 11 is 0. The molecule has 1 N–H and O–H groups in total. The molecule has 5 nitrogen and oxygen atoms in total. The van der Waals surface area contributed by atoms with Gasteiger partial charge in [-0.3, -0.25) is 4.79 Å². The third-order valence-corrected chi connectivity index (χ3v) is 4.35. The Morgan fingerprint density at radius 1 is 1.19 bits per heavy atom. The fraction of sp³-hybridized carbons (Fsp3) is 0.292. The van der Waals surface area contributed by atoms with Crippen LogP contribution >= 0.6 is 0 Å². The maximum absolute atomic E-state index is 12.8. The van der Waals surface area contributed by atoms with Gasteiger partial charge in [-0.2, -0.15) is 8.78 Å². The van der Waals surface area contributed by atoms with Gasteiger partial charge in [-0.15, -0.1) is 6.42 Å². The van der Waals surface area contributed by atoms with E-state index in [1.54, 1.807) is 36.4 Å². The predicted molar refractivity (Wildman–Crippen MR) is 115 cm³/mol. The number of nitrogens with one attached hydrogen (secondary N) is 1. The van der Waals surface area contributed by atoms with E-state index in [2.05, 4.69) is 16.0 Å². The van der Waals surface area contributed by atoms with E-state index in [1.165, 1.54) is 7.11 Å². The van der Waals surface area contributed by atoms with Gasteiger partial charge in [0, 0.05) is 6.04 Å². The fourth-order valence-electron chi connectivity index (χ4n) is 2.89. The van der Waals surface area contributed by atoms with Crippen molar-refractivity contribution in [2.24, 2.45) is 0 Å². The van der Waals surface area contributed by atoms with Crippen molar-refractivity contribution in [3.63, 3.8) is 0 Å². The van der Waals surface area contributed by atoms with Crippen LogP contribution in [0.1, 0.15) is 23.6 Å². The molecule has 0 bridgehead atoms. The summed E-state index contributed by atoms with van der Waals surface area (Å²) in [7, 11) is 1.52. The third kappa shape index (κ3) is 7.34. The van der Waals surface area contributed by atoms with Crippen molar-refractivity contribution in [2.45, 2.75) is 32.9 Å². The van der Waals surface area contributed by atoms with Crippen molar-refractivity contribution in [1.82, 2.24) is 5.32 Å². The number of terminal acetylenes is 1. The van der Waals surface area contributed by atoms with E-state index in [9.17, 15) is 13.6 Å². The molecule has 2 rings (SSSR count). The predicted octanol–water partition coefficient (Wildman–Crippen LogP) is 4.34. The number of carbonyl (C=O) groups is 1. The van der Waals surface area contributed by atoms with Crippen LogP contribution in [0.25, 0.3) is 5.57 Å². The van der Waals surface area contributed by atoms with Gasteiger partial charge >= 0.3 is 6.61 Å². The molecule has 1 atom stereocenters. The number of carbonyl (C=O) groups excluding carboxylic acids is 1. The molecule has 1 amide bonds. The maximum Gasteiger partial charge on any atom is 0.386 e. The number of methoxy groups -OCH3 is 1. The van der Waals surface area contributed by atoms with E-state index < -0.39 is 12.5 Å². The molecule has 0 saturated carbocycles. The quantitative estimate of drug-likeness (QED) is 0.347. The highest BCUT2D eigenvalue weighted by Crippen LogP contribution is 2.28. The molecule has 1 unspecified atom stereocenters. The minimum Gasteiger partial charge on any atom is -0.493 e. The first-order valence-corrected chi connectivity index (χ1v) is 9.59. The van der Waals surface area contributed by atoms with Crippen LogP contribution in [-0.2, 0) is 16.0 Å². The summed E-state index contributed by atoms with van der Waals surface area (Å²) in [6, 6.07) is 12.0. The molecule has 7 heteroatoms. The zero-order valence-corrected chi connectivity index (χ0v) is 17.7. The lowest BCUT2D eigenvalue weighted by Gasteiger charge is -2.17. The van der Waals surface area contributed by atoms with Gasteiger partial charge in [0.15, 0.2) is 11.5 Å². The van der Waals surface area contributed by atoms with E-state index in [0.29, 0.717) is 23.5 Å². The van der Waals surface area contributed by atoms with Gasteiger partial charge in [-0.25, -0.2) is 0 Å². The number of rotatable bonds is 10. The number of hydrogen-bond acceptors (Lipinski definition) is 4. The van der Waals surface area contributed by atoms with E-state index in [0.717, 1.165) is 17.4 Å². The lowest BCUT2D eigenvalue weighted by atomic mass is 10.0. The third-order valence-electron chi connectivity index (χ3n) is 4.35. The SMILES string of the molecule is C#CCOc1ccc(CC(C)NC(=O)C(=COC(F)F)c2ccc(C)cc2)cc1OC. The first kappa shape index (κ1) is 23.7. The first-order valence-electron chi connectivity index (χ1n) is 9.59. The van der Waals surface area contributed by atoms with Gasteiger partial charge in [0.25, 0.3) is 5.91 Å². The van der Waals surface area contributed by atoms with Crippen LogP contribution in [-0.4, -0.2) is 32.3 Å². The molecule has 0 fully saturated rings. The summed E-state index contributed by atoms with van der Waals surface area (Å²) in [6.45, 7) is 0.806. The number of alkyl halides is 2. The molecular weight excluding hydrogens is 404 g/mol. The monoisotopic (exact) mass is 429 g/mol. The molecule has 0 heterocycles. The van der Waals surface area contributed by atoms with Crippen molar-refractivity contribution < 1.29 is 27.8 Å². The van der Waals surface area contributed by atoms with E-state index >= 15 is 0 Å². The number of hydrogen-bond donors (Lipinski definition) is 1. The van der Waals surface area contributed by atoms with E-state index in [1.807, 2.05) is 19.9 Å². The molecule has 0 radical (unpaired) electrons. The molecule has 2 aromatic rings. The Labute approximate surface area is 181 Å². The molecule has 0 spiro atoms. The second kappa shape index (κ2) is 11.6. The zero-order valence-electron chi connectivity index (χ0n) is 17.7. The Hall–Kier alpha value is -3.53. The van der Waals surface area contributed by atoms with Gasteiger partial charge < -0.3 is 19.5 Å². The van der Waals surface area contributed by atoms with Gasteiger partial charge in [0.1, 0.15) is 12.9 Å². The Kier molecular flexibility index (Phi) is 8.89. The Bertz CT molecular complexity index is 949. The zero-order chi connectivity index (χ0) is 22.8. The average molecular weight is 429 g/mol. The highest BCUT2D eigenvalue weighted by molar-refractivity contribution is 6.19. The number of ether oxygens (including phenoxy) is 3. The highest BCUT2D eigenvalue weighted by atomic mass is 19.3. The number of aryl methyl sites for hydroxylation is 1. The Morgan fingerprint density at radius 3 is 2.52 bits per heavy atom. The molecule has 0 aromatic heterocycles. The van der Waals surface area contributed by atoms with Crippen LogP contribution in [0.2, 0.25) is 0 Å². The lowest BCUT2D eigenvalue weighted by Crippen LogP contribution is -2.34. The summed E-state index contributed by atoms with van der Waals surface area (Å²) in [6.07, 6.45) is 6.48. The molecule has 0 saturated heterocycles. The van der Waals surface area contributed by atoms with E-state index in [-0.39, 0.29) is 18.2 Å². The summed E-state index contributed by atoms with van der Waals surface area (Å²) in [5.74, 6) is 2.92. The van der Waals surface area contributed by atoms with Gasteiger partial charge in [-0.1, -0.05) is 41.8 Å². The summed E-state index contributed by atoms with van der Waals surface area (Å²) in [5, 5.41) is 2.82.